The fourth-order valence-corrected chi connectivity index (χ4v) is 2.21. The van der Waals surface area contributed by atoms with E-state index >= 15 is 0 Å². The molecule has 0 bridgehead atoms. The summed E-state index contributed by atoms with van der Waals surface area (Å²) in [6.45, 7) is 2.25. The maximum Gasteiger partial charge on any atom is 0.0154 e. The van der Waals surface area contributed by atoms with E-state index in [0.29, 0.717) is 0 Å². The Morgan fingerprint density at radius 3 is 2.71 bits per heavy atom. The van der Waals surface area contributed by atoms with Crippen LogP contribution in [-0.4, -0.2) is 11.0 Å². The van der Waals surface area contributed by atoms with Gasteiger partial charge in [-0.3, -0.25) is 0 Å². The van der Waals surface area contributed by atoms with Gasteiger partial charge in [0, 0.05) is 11.0 Å². The summed E-state index contributed by atoms with van der Waals surface area (Å²) >= 11 is 3.82. The highest BCUT2D eigenvalue weighted by molar-refractivity contribution is 8.09. The first-order chi connectivity index (χ1) is 3.39. The minimum Gasteiger partial charge on any atom is -0.132 e. The van der Waals surface area contributed by atoms with Crippen molar-refractivity contribution in [3.63, 3.8) is 0 Å². The van der Waals surface area contributed by atoms with Crippen molar-refractivity contribution in [1.82, 2.24) is 0 Å². The van der Waals surface area contributed by atoms with Crippen molar-refractivity contribution < 1.29 is 0 Å². The van der Waals surface area contributed by atoms with Gasteiger partial charge in [0.25, 0.3) is 0 Å². The SMILES string of the molecule is CC1CSC=CS1. The quantitative estimate of drug-likeness (QED) is 0.496. The minimum absolute atomic E-state index is 0.829. The van der Waals surface area contributed by atoms with Crippen LogP contribution < -0.4 is 0 Å². The van der Waals surface area contributed by atoms with Gasteiger partial charge in [-0.2, -0.15) is 0 Å². The first-order valence-electron chi connectivity index (χ1n) is 2.31. The predicted octanol–water partition coefficient (Wildman–Crippen LogP) is 2.33. The van der Waals surface area contributed by atoms with Gasteiger partial charge in [0.15, 0.2) is 0 Å². The second kappa shape index (κ2) is 2.68. The molecule has 7 heavy (non-hydrogen) atoms. The molecule has 0 radical (unpaired) electrons. The first-order valence-corrected chi connectivity index (χ1v) is 4.31. The van der Waals surface area contributed by atoms with Crippen LogP contribution in [0.1, 0.15) is 6.92 Å². The third-order valence-electron chi connectivity index (χ3n) is 0.794. The summed E-state index contributed by atoms with van der Waals surface area (Å²) in [5, 5.41) is 5.15. The molecule has 0 N–H and O–H groups in total. The number of hydrogen-bond donors (Lipinski definition) is 0. The maximum absolute atomic E-state index is 2.25. The Hall–Kier alpha value is 0.440. The van der Waals surface area contributed by atoms with Gasteiger partial charge in [-0.15, -0.1) is 23.5 Å². The summed E-state index contributed by atoms with van der Waals surface area (Å²) in [7, 11) is 0. The zero-order chi connectivity index (χ0) is 5.11. The van der Waals surface area contributed by atoms with E-state index in [1.165, 1.54) is 5.75 Å². The van der Waals surface area contributed by atoms with Gasteiger partial charge in [0.1, 0.15) is 0 Å². The van der Waals surface area contributed by atoms with Crippen molar-refractivity contribution in [3.05, 3.63) is 10.8 Å². The molecular weight excluding hydrogens is 124 g/mol. The van der Waals surface area contributed by atoms with Crippen LogP contribution in [0.15, 0.2) is 10.8 Å². The molecule has 1 atom stereocenters. The molecule has 1 unspecified atom stereocenters. The molecule has 0 saturated heterocycles. The highest BCUT2D eigenvalue weighted by atomic mass is 32.2. The van der Waals surface area contributed by atoms with E-state index in [9.17, 15) is 0 Å². The van der Waals surface area contributed by atoms with E-state index in [1.54, 1.807) is 0 Å². The topological polar surface area (TPSA) is 0 Å². The van der Waals surface area contributed by atoms with Crippen LogP contribution >= 0.6 is 23.5 Å². The maximum atomic E-state index is 2.25. The average molecular weight is 132 g/mol. The highest BCUT2D eigenvalue weighted by Crippen LogP contribution is 2.24. The predicted molar refractivity (Wildman–Crippen MR) is 38.7 cm³/mol. The Kier molecular flexibility index (Phi) is 2.13. The molecule has 0 fully saturated rings. The second-order valence-electron chi connectivity index (χ2n) is 1.55. The van der Waals surface area contributed by atoms with Crippen LogP contribution in [-0.2, 0) is 0 Å². The normalized spacial score (nSPS) is 30.7. The van der Waals surface area contributed by atoms with Crippen molar-refractivity contribution in [1.29, 1.82) is 0 Å². The molecule has 1 heterocycles. The van der Waals surface area contributed by atoms with E-state index in [2.05, 4.69) is 17.7 Å². The van der Waals surface area contributed by atoms with Crippen molar-refractivity contribution in [2.45, 2.75) is 12.2 Å². The molecule has 0 amide bonds. The second-order valence-corrected chi connectivity index (χ2v) is 3.84. The van der Waals surface area contributed by atoms with Crippen molar-refractivity contribution >= 4 is 23.5 Å². The molecule has 1 aliphatic heterocycles. The van der Waals surface area contributed by atoms with Crippen molar-refractivity contribution in [2.75, 3.05) is 5.75 Å². The molecule has 0 aromatic rings. The fraction of sp³-hybridized carbons (Fsp3) is 0.600. The smallest absolute Gasteiger partial charge is 0.0154 e. The van der Waals surface area contributed by atoms with Crippen LogP contribution in [0.4, 0.5) is 0 Å². The molecule has 2 heteroatoms. The zero-order valence-electron chi connectivity index (χ0n) is 4.26. The van der Waals surface area contributed by atoms with Gasteiger partial charge in [-0.25, -0.2) is 0 Å². The molecule has 1 rings (SSSR count). The summed E-state index contributed by atoms with van der Waals surface area (Å²) < 4.78 is 0. The Morgan fingerprint density at radius 1 is 1.57 bits per heavy atom. The molecule has 1 aliphatic rings. The van der Waals surface area contributed by atoms with Crippen LogP contribution in [0.5, 0.6) is 0 Å². The summed E-state index contributed by atoms with van der Waals surface area (Å²) in [6, 6.07) is 0. The van der Waals surface area contributed by atoms with Gasteiger partial charge in [-0.1, -0.05) is 6.92 Å². The first kappa shape index (κ1) is 5.57. The summed E-state index contributed by atoms with van der Waals surface area (Å²) in [5.74, 6) is 1.28. The van der Waals surface area contributed by atoms with Crippen molar-refractivity contribution in [3.8, 4) is 0 Å². The standard InChI is InChI=1S/C5H8S2/c1-5-4-6-2-3-7-5/h2-3,5H,4H2,1H3. The molecule has 0 aromatic heterocycles. The Labute approximate surface area is 52.7 Å². The molecule has 0 saturated carbocycles. The van der Waals surface area contributed by atoms with E-state index < -0.39 is 0 Å². The summed E-state index contributed by atoms with van der Waals surface area (Å²) in [6.07, 6.45) is 0. The van der Waals surface area contributed by atoms with Crippen LogP contribution in [0.2, 0.25) is 0 Å². The number of rotatable bonds is 0. The van der Waals surface area contributed by atoms with Crippen molar-refractivity contribution in [2.24, 2.45) is 0 Å². The molecule has 0 aliphatic carbocycles. The fourth-order valence-electron chi connectivity index (χ4n) is 0.436. The average Bonchev–Trinajstić information content (AvgIpc) is 1.69. The van der Waals surface area contributed by atoms with E-state index in [-0.39, 0.29) is 0 Å². The van der Waals surface area contributed by atoms with Gasteiger partial charge < -0.3 is 0 Å². The van der Waals surface area contributed by atoms with Crippen LogP contribution in [0, 0.1) is 0 Å². The summed E-state index contributed by atoms with van der Waals surface area (Å²) in [5.41, 5.74) is 0. The molecule has 0 spiro atoms. The largest absolute Gasteiger partial charge is 0.132 e. The Bertz CT molecular complexity index is 78.1. The lowest BCUT2D eigenvalue weighted by molar-refractivity contribution is 1.14. The third-order valence-corrected chi connectivity index (χ3v) is 3.12. The Morgan fingerprint density at radius 2 is 2.43 bits per heavy atom. The van der Waals surface area contributed by atoms with E-state index in [4.69, 9.17) is 0 Å². The van der Waals surface area contributed by atoms with Crippen LogP contribution in [0.25, 0.3) is 0 Å². The molecule has 40 valence electrons. The van der Waals surface area contributed by atoms with Crippen LogP contribution in [0.3, 0.4) is 0 Å². The number of thioether (sulfide) groups is 2. The van der Waals surface area contributed by atoms with Gasteiger partial charge in [0.05, 0.1) is 0 Å². The molecular formula is C5H8S2. The highest BCUT2D eigenvalue weighted by Gasteiger charge is 2.01. The lowest BCUT2D eigenvalue weighted by Gasteiger charge is -2.08. The Balaban J connectivity index is 2.32. The van der Waals surface area contributed by atoms with Gasteiger partial charge in [-0.05, 0) is 10.8 Å². The van der Waals surface area contributed by atoms with E-state index in [0.717, 1.165) is 5.25 Å². The van der Waals surface area contributed by atoms with Gasteiger partial charge in [0.2, 0.25) is 0 Å². The van der Waals surface area contributed by atoms with E-state index in [1.807, 2.05) is 23.5 Å². The minimum atomic E-state index is 0.829. The number of hydrogen-bond acceptors (Lipinski definition) is 2. The molecule has 0 nitrogen and oxygen atoms in total. The van der Waals surface area contributed by atoms with Gasteiger partial charge >= 0.3 is 0 Å². The lowest BCUT2D eigenvalue weighted by Crippen LogP contribution is -1.98. The monoisotopic (exact) mass is 132 g/mol. The summed E-state index contributed by atoms with van der Waals surface area (Å²) in [4.78, 5) is 0. The third kappa shape index (κ3) is 1.78. The zero-order valence-corrected chi connectivity index (χ0v) is 5.89. The molecule has 0 aromatic carbocycles. The lowest BCUT2D eigenvalue weighted by atomic mass is 10.6.